The quantitative estimate of drug-likeness (QED) is 0.443. The van der Waals surface area contributed by atoms with Crippen LogP contribution in [0, 0.1) is 0 Å². The molecule has 0 unspecified atom stereocenters. The molecular formula is C29H32ClNO6. The summed E-state index contributed by atoms with van der Waals surface area (Å²) in [7, 11) is 1.62. The summed E-state index contributed by atoms with van der Waals surface area (Å²) in [6.07, 6.45) is 0.546. The number of esters is 1. The molecule has 2 atom stereocenters. The first-order valence-corrected chi connectivity index (χ1v) is 12.8. The SMILES string of the molecule is CCOc1cc([C@H]2C(C(=O)OC(C)C)=C(C)NC3=C2C(=O)C[C@@H](c2ccc(OC)cc2)C3)cc(Cl)c1O. The molecule has 0 aromatic heterocycles. The Hall–Kier alpha value is -3.45. The van der Waals surface area contributed by atoms with Gasteiger partial charge in [-0.25, -0.2) is 4.79 Å². The molecule has 0 amide bonds. The predicted octanol–water partition coefficient (Wildman–Crippen LogP) is 5.77. The van der Waals surface area contributed by atoms with Gasteiger partial charge < -0.3 is 24.6 Å². The molecule has 2 N–H and O–H groups in total. The molecule has 0 saturated heterocycles. The van der Waals surface area contributed by atoms with E-state index in [0.29, 0.717) is 41.9 Å². The Morgan fingerprint density at radius 2 is 1.86 bits per heavy atom. The number of rotatable bonds is 7. The van der Waals surface area contributed by atoms with E-state index in [9.17, 15) is 14.7 Å². The summed E-state index contributed by atoms with van der Waals surface area (Å²) in [6, 6.07) is 11.0. The highest BCUT2D eigenvalue weighted by Gasteiger charge is 2.42. The molecule has 0 fully saturated rings. The molecule has 0 bridgehead atoms. The van der Waals surface area contributed by atoms with Crippen LogP contribution in [0.1, 0.15) is 63.5 Å². The van der Waals surface area contributed by atoms with Crippen LogP contribution in [0.4, 0.5) is 0 Å². The zero-order valence-corrected chi connectivity index (χ0v) is 22.4. The van der Waals surface area contributed by atoms with E-state index in [1.165, 1.54) is 0 Å². The Morgan fingerprint density at radius 1 is 1.16 bits per heavy atom. The van der Waals surface area contributed by atoms with E-state index in [1.807, 2.05) is 24.3 Å². The molecule has 0 spiro atoms. The van der Waals surface area contributed by atoms with Gasteiger partial charge in [0.25, 0.3) is 0 Å². The molecule has 7 nitrogen and oxygen atoms in total. The number of hydrogen-bond donors (Lipinski definition) is 2. The average molecular weight is 526 g/mol. The predicted molar refractivity (Wildman–Crippen MR) is 141 cm³/mol. The number of benzene rings is 2. The third kappa shape index (κ3) is 5.32. The van der Waals surface area contributed by atoms with Crippen molar-refractivity contribution in [2.24, 2.45) is 0 Å². The Bertz CT molecular complexity index is 1280. The first-order valence-electron chi connectivity index (χ1n) is 12.4. The lowest BCUT2D eigenvalue weighted by Crippen LogP contribution is -2.36. The Balaban J connectivity index is 1.83. The number of carbonyl (C=O) groups excluding carboxylic acids is 2. The summed E-state index contributed by atoms with van der Waals surface area (Å²) < 4.78 is 16.4. The third-order valence-corrected chi connectivity index (χ3v) is 6.95. The normalized spacial score (nSPS) is 19.5. The zero-order chi connectivity index (χ0) is 26.9. The van der Waals surface area contributed by atoms with Crippen LogP contribution in [0.2, 0.25) is 5.02 Å². The van der Waals surface area contributed by atoms with E-state index in [0.717, 1.165) is 17.0 Å². The molecule has 2 aliphatic rings. The van der Waals surface area contributed by atoms with Crippen LogP contribution in [-0.4, -0.2) is 36.7 Å². The molecule has 2 aromatic rings. The lowest BCUT2D eigenvalue weighted by molar-refractivity contribution is -0.143. The van der Waals surface area contributed by atoms with Crippen molar-refractivity contribution < 1.29 is 28.9 Å². The summed E-state index contributed by atoms with van der Waals surface area (Å²) in [6.45, 7) is 7.47. The smallest absolute Gasteiger partial charge is 0.337 e. The molecule has 0 saturated carbocycles. The maximum atomic E-state index is 13.8. The molecule has 37 heavy (non-hydrogen) atoms. The minimum atomic E-state index is -0.718. The molecule has 0 radical (unpaired) electrons. The number of hydrogen-bond acceptors (Lipinski definition) is 7. The van der Waals surface area contributed by atoms with Gasteiger partial charge in [-0.15, -0.1) is 0 Å². The van der Waals surface area contributed by atoms with E-state index in [4.69, 9.17) is 25.8 Å². The fourth-order valence-corrected chi connectivity index (χ4v) is 5.28. The summed E-state index contributed by atoms with van der Waals surface area (Å²) >= 11 is 6.37. The number of dihydropyridines is 1. The van der Waals surface area contributed by atoms with Crippen molar-refractivity contribution in [3.05, 3.63) is 75.1 Å². The number of aromatic hydroxyl groups is 1. The van der Waals surface area contributed by atoms with E-state index in [1.54, 1.807) is 46.9 Å². The minimum Gasteiger partial charge on any atom is -0.503 e. The number of Topliss-reactive ketones (excluding diaryl/α,β-unsaturated/α-hetero) is 1. The number of allylic oxidation sites excluding steroid dienone is 3. The highest BCUT2D eigenvalue weighted by molar-refractivity contribution is 6.32. The first-order chi connectivity index (χ1) is 17.6. The minimum absolute atomic E-state index is 0.0235. The molecule has 4 rings (SSSR count). The van der Waals surface area contributed by atoms with E-state index in [-0.39, 0.29) is 34.3 Å². The standard InChI is InChI=1S/C29H32ClNO6/c1-6-36-24-14-19(11-21(30)28(24)33)26-25(29(34)37-15(2)3)16(4)31-22-12-18(13-23(32)27(22)26)17-7-9-20(35-5)10-8-17/h7-11,14-15,18,26,31,33H,6,12-13H2,1-5H3/t18-,26-/m0/s1. The van der Waals surface area contributed by atoms with Gasteiger partial charge >= 0.3 is 5.97 Å². The topological polar surface area (TPSA) is 94.1 Å². The molecule has 196 valence electrons. The third-order valence-electron chi connectivity index (χ3n) is 6.66. The monoisotopic (exact) mass is 525 g/mol. The van der Waals surface area contributed by atoms with Crippen LogP contribution < -0.4 is 14.8 Å². The van der Waals surface area contributed by atoms with Gasteiger partial charge in [-0.3, -0.25) is 4.79 Å². The summed E-state index contributed by atoms with van der Waals surface area (Å²) in [5.74, 6) is -0.555. The van der Waals surface area contributed by atoms with Crippen molar-refractivity contribution in [1.82, 2.24) is 5.32 Å². The van der Waals surface area contributed by atoms with Gasteiger partial charge in [0.05, 0.1) is 30.4 Å². The summed E-state index contributed by atoms with van der Waals surface area (Å²) in [5.41, 5.74) is 3.84. The van der Waals surface area contributed by atoms with Crippen LogP contribution >= 0.6 is 11.6 Å². The molecule has 1 aliphatic heterocycles. The van der Waals surface area contributed by atoms with Crippen LogP contribution in [0.5, 0.6) is 17.2 Å². The maximum Gasteiger partial charge on any atom is 0.337 e. The molecule has 8 heteroatoms. The van der Waals surface area contributed by atoms with Crippen LogP contribution in [0.15, 0.2) is 58.9 Å². The van der Waals surface area contributed by atoms with Crippen molar-refractivity contribution in [2.75, 3.05) is 13.7 Å². The molecule has 2 aromatic carbocycles. The number of nitrogens with one attached hydrogen (secondary N) is 1. The van der Waals surface area contributed by atoms with Crippen molar-refractivity contribution >= 4 is 23.4 Å². The number of methoxy groups -OCH3 is 1. The maximum absolute atomic E-state index is 13.8. The van der Waals surface area contributed by atoms with Gasteiger partial charge in [-0.2, -0.15) is 0 Å². The number of ether oxygens (including phenoxy) is 3. The fourth-order valence-electron chi connectivity index (χ4n) is 5.06. The fraction of sp³-hybridized carbons (Fsp3) is 0.379. The number of carbonyl (C=O) groups is 2. The summed E-state index contributed by atoms with van der Waals surface area (Å²) in [5, 5.41) is 13.8. The Kier molecular flexibility index (Phi) is 7.83. The van der Waals surface area contributed by atoms with Crippen LogP contribution in [0.25, 0.3) is 0 Å². The lowest BCUT2D eigenvalue weighted by Gasteiger charge is -2.37. The van der Waals surface area contributed by atoms with E-state index >= 15 is 0 Å². The second-order valence-corrected chi connectivity index (χ2v) is 9.93. The average Bonchev–Trinajstić information content (AvgIpc) is 2.85. The van der Waals surface area contributed by atoms with E-state index in [2.05, 4.69) is 5.32 Å². The van der Waals surface area contributed by atoms with Gasteiger partial charge in [0, 0.05) is 29.3 Å². The van der Waals surface area contributed by atoms with Crippen LogP contribution in [0.3, 0.4) is 0 Å². The van der Waals surface area contributed by atoms with Crippen LogP contribution in [-0.2, 0) is 14.3 Å². The molecule has 1 heterocycles. The number of ketones is 1. The van der Waals surface area contributed by atoms with Gasteiger partial charge in [-0.05, 0) is 75.4 Å². The van der Waals surface area contributed by atoms with Crippen molar-refractivity contribution in [2.45, 2.75) is 58.5 Å². The molecule has 1 aliphatic carbocycles. The van der Waals surface area contributed by atoms with Gasteiger partial charge in [0.15, 0.2) is 17.3 Å². The van der Waals surface area contributed by atoms with Crippen molar-refractivity contribution in [3.8, 4) is 17.2 Å². The van der Waals surface area contributed by atoms with E-state index < -0.39 is 11.9 Å². The number of phenolic OH excluding ortho intramolecular Hbond substituents is 1. The molecular weight excluding hydrogens is 494 g/mol. The van der Waals surface area contributed by atoms with Crippen molar-refractivity contribution in [3.63, 3.8) is 0 Å². The second kappa shape index (κ2) is 10.9. The second-order valence-electron chi connectivity index (χ2n) is 9.53. The first kappa shape index (κ1) is 26.6. The Labute approximate surface area is 222 Å². The highest BCUT2D eigenvalue weighted by atomic mass is 35.5. The highest BCUT2D eigenvalue weighted by Crippen LogP contribution is 2.48. The Morgan fingerprint density at radius 3 is 2.49 bits per heavy atom. The van der Waals surface area contributed by atoms with Gasteiger partial charge in [0.1, 0.15) is 5.75 Å². The van der Waals surface area contributed by atoms with Gasteiger partial charge in [-0.1, -0.05) is 23.7 Å². The number of halogens is 1. The lowest BCUT2D eigenvalue weighted by atomic mass is 9.71. The summed E-state index contributed by atoms with van der Waals surface area (Å²) in [4.78, 5) is 27.1. The zero-order valence-electron chi connectivity index (χ0n) is 21.7. The largest absolute Gasteiger partial charge is 0.503 e. The van der Waals surface area contributed by atoms with Gasteiger partial charge in [0.2, 0.25) is 0 Å². The number of phenols is 1. The van der Waals surface area contributed by atoms with Crippen molar-refractivity contribution in [1.29, 1.82) is 0 Å².